The lowest BCUT2D eigenvalue weighted by atomic mass is 9.98. The van der Waals surface area contributed by atoms with Gasteiger partial charge in [0.05, 0.1) is 13.2 Å². The Kier molecular flexibility index (Phi) is 13.6. The number of rotatable bonds is 15. The molecule has 32 heavy (non-hydrogen) atoms. The summed E-state index contributed by atoms with van der Waals surface area (Å²) in [5.74, 6) is -0.966. The maximum atomic E-state index is 12.1. The van der Waals surface area contributed by atoms with E-state index in [0.717, 1.165) is 13.0 Å². The van der Waals surface area contributed by atoms with Gasteiger partial charge in [-0.2, -0.15) is 0 Å². The Morgan fingerprint density at radius 2 is 1.66 bits per heavy atom. The first-order valence-corrected chi connectivity index (χ1v) is 10.5. The maximum Gasteiger partial charge on any atom is 0.251 e. The molecule has 0 aromatic rings. The normalized spacial score (nSPS) is 29.8. The van der Waals surface area contributed by atoms with Gasteiger partial charge < -0.3 is 66.7 Å². The summed E-state index contributed by atoms with van der Waals surface area (Å²) in [5.41, 5.74) is 5.37. The lowest BCUT2D eigenvalue weighted by Gasteiger charge is -2.42. The highest BCUT2D eigenvalue weighted by atomic mass is 16.7. The van der Waals surface area contributed by atoms with Crippen molar-refractivity contribution in [3.8, 4) is 0 Å². The molecule has 1 heterocycles. The fourth-order valence-electron chi connectivity index (χ4n) is 3.05. The summed E-state index contributed by atoms with van der Waals surface area (Å²) in [6, 6.07) is 0. The third kappa shape index (κ3) is 8.40. The van der Waals surface area contributed by atoms with Gasteiger partial charge in [-0.1, -0.05) is 0 Å². The van der Waals surface area contributed by atoms with E-state index in [1.165, 1.54) is 0 Å². The maximum absolute atomic E-state index is 12.1. The number of hydrogen-bond donors (Lipinski definition) is 11. The SMILES string of the molecule is NCCCNCCCNC(=O)C(O)C(O)C(OC1OC(CO)C(O)C(O)C1O)C(O)CO. The van der Waals surface area contributed by atoms with Crippen LogP contribution < -0.4 is 16.4 Å². The zero-order valence-electron chi connectivity index (χ0n) is 17.7. The van der Waals surface area contributed by atoms with Crippen molar-refractivity contribution in [1.82, 2.24) is 10.6 Å². The van der Waals surface area contributed by atoms with Gasteiger partial charge in [0.2, 0.25) is 0 Å². The molecule has 1 aliphatic rings. The van der Waals surface area contributed by atoms with Crippen LogP contribution in [0.2, 0.25) is 0 Å². The number of carbonyl (C=O) groups is 1. The molecule has 1 rings (SSSR count). The number of carbonyl (C=O) groups excluding carboxylic acids is 1. The van der Waals surface area contributed by atoms with E-state index >= 15 is 0 Å². The number of nitrogens with one attached hydrogen (secondary N) is 2. The number of nitrogens with two attached hydrogens (primary N) is 1. The van der Waals surface area contributed by atoms with Crippen molar-refractivity contribution in [2.75, 3.05) is 39.4 Å². The number of amides is 1. The van der Waals surface area contributed by atoms with Crippen LogP contribution >= 0.6 is 0 Å². The van der Waals surface area contributed by atoms with Crippen LogP contribution in [0.25, 0.3) is 0 Å². The molecule has 9 unspecified atom stereocenters. The molecule has 14 heteroatoms. The molecular weight excluding hydrogens is 434 g/mol. The first-order chi connectivity index (χ1) is 15.2. The summed E-state index contributed by atoms with van der Waals surface area (Å²) in [5, 5.41) is 84.2. The molecule has 0 aliphatic carbocycles. The fraction of sp³-hybridized carbons (Fsp3) is 0.944. The molecule has 1 amide bonds. The highest BCUT2D eigenvalue weighted by Crippen LogP contribution is 2.25. The van der Waals surface area contributed by atoms with Crippen LogP contribution in [0, 0.1) is 0 Å². The summed E-state index contributed by atoms with van der Waals surface area (Å²) in [4.78, 5) is 12.1. The number of aliphatic hydroxyl groups excluding tert-OH is 8. The first kappa shape index (κ1) is 29.0. The Morgan fingerprint density at radius 1 is 1.00 bits per heavy atom. The molecule has 0 saturated carbocycles. The minimum absolute atomic E-state index is 0.180. The molecule has 0 aromatic heterocycles. The van der Waals surface area contributed by atoms with Gasteiger partial charge >= 0.3 is 0 Å². The largest absolute Gasteiger partial charge is 0.394 e. The van der Waals surface area contributed by atoms with Gasteiger partial charge in [-0.25, -0.2) is 0 Å². The highest BCUT2D eigenvalue weighted by molar-refractivity contribution is 5.81. The third-order valence-corrected chi connectivity index (χ3v) is 5.02. The molecule has 9 atom stereocenters. The number of hydrogen-bond acceptors (Lipinski definition) is 13. The van der Waals surface area contributed by atoms with E-state index in [9.17, 15) is 45.6 Å². The topological polar surface area (TPSA) is 247 Å². The third-order valence-electron chi connectivity index (χ3n) is 5.02. The lowest BCUT2D eigenvalue weighted by Crippen LogP contribution is -2.62. The molecule has 190 valence electrons. The molecule has 0 radical (unpaired) electrons. The summed E-state index contributed by atoms with van der Waals surface area (Å²) in [6.07, 6.45) is -14.8. The highest BCUT2D eigenvalue weighted by Gasteiger charge is 2.47. The second kappa shape index (κ2) is 15.0. The van der Waals surface area contributed by atoms with Crippen LogP contribution in [0.4, 0.5) is 0 Å². The standard InChI is InChI=1S/C18H37N3O11/c19-3-1-4-20-5-2-6-21-17(30)14(28)13(27)16(9(24)7-22)32-18-15(29)12(26)11(25)10(8-23)31-18/h9-16,18,20,22-29H,1-8,19H2,(H,21,30). The van der Waals surface area contributed by atoms with Crippen LogP contribution in [-0.4, -0.2) is 141 Å². The lowest BCUT2D eigenvalue weighted by molar-refractivity contribution is -0.326. The summed E-state index contributed by atoms with van der Waals surface area (Å²) < 4.78 is 10.4. The van der Waals surface area contributed by atoms with Gasteiger partial charge in [0.15, 0.2) is 12.4 Å². The van der Waals surface area contributed by atoms with E-state index in [4.69, 9.17) is 15.2 Å². The average Bonchev–Trinajstić information content (AvgIpc) is 2.80. The zero-order valence-corrected chi connectivity index (χ0v) is 17.7. The molecule has 12 N–H and O–H groups in total. The molecule has 1 saturated heterocycles. The summed E-state index contributed by atoms with van der Waals surface area (Å²) in [6.45, 7) is 0.361. The predicted molar refractivity (Wildman–Crippen MR) is 108 cm³/mol. The number of aliphatic hydroxyl groups is 8. The second-order valence-electron chi connectivity index (χ2n) is 7.52. The predicted octanol–water partition coefficient (Wildman–Crippen LogP) is -6.31. The average molecular weight is 472 g/mol. The van der Waals surface area contributed by atoms with Gasteiger partial charge in [-0.15, -0.1) is 0 Å². The van der Waals surface area contributed by atoms with Crippen molar-refractivity contribution in [2.24, 2.45) is 5.73 Å². The van der Waals surface area contributed by atoms with E-state index in [2.05, 4.69) is 10.6 Å². The fourth-order valence-corrected chi connectivity index (χ4v) is 3.05. The van der Waals surface area contributed by atoms with E-state index < -0.39 is 74.2 Å². The minimum Gasteiger partial charge on any atom is -0.394 e. The first-order valence-electron chi connectivity index (χ1n) is 10.5. The van der Waals surface area contributed by atoms with Crippen molar-refractivity contribution in [3.05, 3.63) is 0 Å². The Balaban J connectivity index is 2.68. The van der Waals surface area contributed by atoms with Crippen molar-refractivity contribution < 1.29 is 55.1 Å². The van der Waals surface area contributed by atoms with Crippen molar-refractivity contribution in [3.63, 3.8) is 0 Å². The Morgan fingerprint density at radius 3 is 2.25 bits per heavy atom. The Bertz CT molecular complexity index is 530. The van der Waals surface area contributed by atoms with Gasteiger partial charge in [0, 0.05) is 6.54 Å². The molecule has 0 spiro atoms. The molecule has 0 aromatic carbocycles. The monoisotopic (exact) mass is 471 g/mol. The van der Waals surface area contributed by atoms with Gasteiger partial charge in [-0.05, 0) is 32.5 Å². The molecule has 1 aliphatic heterocycles. The van der Waals surface area contributed by atoms with Crippen LogP contribution in [-0.2, 0) is 14.3 Å². The van der Waals surface area contributed by atoms with Crippen LogP contribution in [0.5, 0.6) is 0 Å². The Hall–Kier alpha value is -1.01. The van der Waals surface area contributed by atoms with Gasteiger partial charge in [0.1, 0.15) is 42.7 Å². The van der Waals surface area contributed by atoms with Crippen molar-refractivity contribution in [2.45, 2.75) is 68.0 Å². The molecular formula is C18H37N3O11. The molecule has 1 fully saturated rings. The van der Waals surface area contributed by atoms with E-state index in [1.807, 2.05) is 0 Å². The smallest absolute Gasteiger partial charge is 0.251 e. The van der Waals surface area contributed by atoms with E-state index in [-0.39, 0.29) is 6.54 Å². The van der Waals surface area contributed by atoms with Crippen molar-refractivity contribution >= 4 is 5.91 Å². The molecule has 0 bridgehead atoms. The summed E-state index contributed by atoms with van der Waals surface area (Å²) >= 11 is 0. The second-order valence-corrected chi connectivity index (χ2v) is 7.52. The summed E-state index contributed by atoms with van der Waals surface area (Å²) in [7, 11) is 0. The van der Waals surface area contributed by atoms with Crippen molar-refractivity contribution in [1.29, 1.82) is 0 Å². The van der Waals surface area contributed by atoms with E-state index in [1.54, 1.807) is 0 Å². The number of ether oxygens (including phenoxy) is 2. The quantitative estimate of drug-likeness (QED) is 0.0996. The van der Waals surface area contributed by atoms with E-state index in [0.29, 0.717) is 19.5 Å². The van der Waals surface area contributed by atoms with Gasteiger partial charge in [0.25, 0.3) is 5.91 Å². The van der Waals surface area contributed by atoms with Crippen LogP contribution in [0.3, 0.4) is 0 Å². The zero-order chi connectivity index (χ0) is 24.3. The van der Waals surface area contributed by atoms with Gasteiger partial charge in [-0.3, -0.25) is 4.79 Å². The van der Waals surface area contributed by atoms with Crippen LogP contribution in [0.15, 0.2) is 0 Å². The Labute approximate surface area is 185 Å². The molecule has 14 nitrogen and oxygen atoms in total. The minimum atomic E-state index is -2.07. The van der Waals surface area contributed by atoms with Crippen LogP contribution in [0.1, 0.15) is 12.8 Å².